The van der Waals surface area contributed by atoms with Crippen LogP contribution in [-0.2, 0) is 14.8 Å². The number of nitrogens with one attached hydrogen (secondary N) is 2. The Morgan fingerprint density at radius 2 is 1.86 bits per heavy atom. The molecule has 0 saturated carbocycles. The summed E-state index contributed by atoms with van der Waals surface area (Å²) in [7, 11) is -3.66. The molecule has 0 aromatic heterocycles. The van der Waals surface area contributed by atoms with Gasteiger partial charge in [0.1, 0.15) is 0 Å². The quantitative estimate of drug-likeness (QED) is 0.638. The van der Waals surface area contributed by atoms with Crippen LogP contribution in [0.3, 0.4) is 0 Å². The number of amides is 1. The molecule has 1 amide bonds. The largest absolute Gasteiger partial charge is 0.297 e. The van der Waals surface area contributed by atoms with Gasteiger partial charge >= 0.3 is 0 Å². The Bertz CT molecular complexity index is 998. The first-order chi connectivity index (χ1) is 13.8. The predicted molar refractivity (Wildman–Crippen MR) is 116 cm³/mol. The topological polar surface area (TPSA) is 78.5 Å². The second-order valence-corrected chi connectivity index (χ2v) is 9.81. The molecule has 0 radical (unpaired) electrons. The van der Waals surface area contributed by atoms with E-state index in [4.69, 9.17) is 23.2 Å². The van der Waals surface area contributed by atoms with Crippen LogP contribution in [0.25, 0.3) is 0 Å². The van der Waals surface area contributed by atoms with E-state index in [0.717, 1.165) is 6.42 Å². The van der Waals surface area contributed by atoms with Gasteiger partial charge in [-0.05, 0) is 55.5 Å². The van der Waals surface area contributed by atoms with Crippen molar-refractivity contribution in [2.24, 2.45) is 5.92 Å². The maximum absolute atomic E-state index is 13.1. The zero-order chi connectivity index (χ0) is 21.0. The number of halogens is 2. The van der Waals surface area contributed by atoms with Crippen LogP contribution in [0.1, 0.15) is 24.8 Å². The molecule has 0 spiro atoms. The molecule has 1 aliphatic rings. The van der Waals surface area contributed by atoms with Gasteiger partial charge in [0.05, 0.1) is 15.6 Å². The summed E-state index contributed by atoms with van der Waals surface area (Å²) >= 11 is 12.2. The molecule has 9 heteroatoms. The average Bonchev–Trinajstić information content (AvgIpc) is 2.69. The van der Waals surface area contributed by atoms with Gasteiger partial charge in [-0.15, -0.1) is 0 Å². The summed E-state index contributed by atoms with van der Waals surface area (Å²) in [4.78, 5) is 12.5. The number of rotatable bonds is 6. The highest BCUT2D eigenvalue weighted by Gasteiger charge is 2.32. The molecule has 156 valence electrons. The van der Waals surface area contributed by atoms with Crippen molar-refractivity contribution in [1.29, 1.82) is 0 Å². The van der Waals surface area contributed by atoms with Crippen LogP contribution in [0.5, 0.6) is 0 Å². The molecule has 2 aromatic carbocycles. The lowest BCUT2D eigenvalue weighted by Crippen LogP contribution is -2.42. The summed E-state index contributed by atoms with van der Waals surface area (Å²) in [5.74, 6) is -0.279. The SMILES string of the molecule is Cc1c(Cl)cccc1S(=O)(=O)N1CCCC(CC(=O)NNc2ccccc2Cl)C1. The Kier molecular flexibility index (Phi) is 7.05. The Labute approximate surface area is 181 Å². The lowest BCUT2D eigenvalue weighted by molar-refractivity contribution is -0.121. The molecule has 1 heterocycles. The lowest BCUT2D eigenvalue weighted by atomic mass is 9.96. The first-order valence-corrected chi connectivity index (χ1v) is 11.5. The lowest BCUT2D eigenvalue weighted by Gasteiger charge is -2.32. The molecule has 2 aromatic rings. The van der Waals surface area contributed by atoms with Gasteiger partial charge in [0.15, 0.2) is 0 Å². The van der Waals surface area contributed by atoms with Gasteiger partial charge in [-0.3, -0.25) is 15.6 Å². The summed E-state index contributed by atoms with van der Waals surface area (Å²) in [6.45, 7) is 2.43. The van der Waals surface area contributed by atoms with Crippen molar-refractivity contribution in [3.63, 3.8) is 0 Å². The van der Waals surface area contributed by atoms with E-state index in [2.05, 4.69) is 10.9 Å². The number of hydrogen-bond donors (Lipinski definition) is 2. The summed E-state index contributed by atoms with van der Waals surface area (Å²) < 4.78 is 27.6. The van der Waals surface area contributed by atoms with E-state index in [0.29, 0.717) is 40.8 Å². The molecule has 1 saturated heterocycles. The number of piperidine rings is 1. The maximum Gasteiger partial charge on any atom is 0.243 e. The Morgan fingerprint density at radius 3 is 2.62 bits per heavy atom. The molecule has 0 bridgehead atoms. The van der Waals surface area contributed by atoms with Gasteiger partial charge in [0, 0.05) is 24.5 Å². The normalized spacial score (nSPS) is 17.7. The first kappa shape index (κ1) is 21.9. The minimum Gasteiger partial charge on any atom is -0.297 e. The van der Waals surface area contributed by atoms with E-state index in [1.54, 1.807) is 43.3 Å². The monoisotopic (exact) mass is 455 g/mol. The van der Waals surface area contributed by atoms with Crippen molar-refractivity contribution in [3.8, 4) is 0 Å². The van der Waals surface area contributed by atoms with Gasteiger partial charge < -0.3 is 0 Å². The van der Waals surface area contributed by atoms with E-state index >= 15 is 0 Å². The van der Waals surface area contributed by atoms with Crippen LogP contribution in [0.4, 0.5) is 5.69 Å². The minimum atomic E-state index is -3.66. The fourth-order valence-corrected chi connectivity index (χ4v) is 5.65. The third kappa shape index (κ3) is 5.22. The number of benzene rings is 2. The number of anilines is 1. The Hall–Kier alpha value is -1.80. The zero-order valence-corrected chi connectivity index (χ0v) is 18.3. The molecular weight excluding hydrogens is 433 g/mol. The van der Waals surface area contributed by atoms with Gasteiger partial charge in [0.2, 0.25) is 15.9 Å². The molecule has 1 unspecified atom stereocenters. The number of carbonyl (C=O) groups excluding carboxylic acids is 1. The van der Waals surface area contributed by atoms with E-state index in [1.807, 2.05) is 6.07 Å². The molecule has 6 nitrogen and oxygen atoms in total. The second-order valence-electron chi connectivity index (χ2n) is 7.09. The zero-order valence-electron chi connectivity index (χ0n) is 16.0. The average molecular weight is 456 g/mol. The molecule has 29 heavy (non-hydrogen) atoms. The fraction of sp³-hybridized carbons (Fsp3) is 0.350. The molecule has 0 aliphatic carbocycles. The van der Waals surface area contributed by atoms with Crippen LogP contribution >= 0.6 is 23.2 Å². The van der Waals surface area contributed by atoms with Crippen molar-refractivity contribution < 1.29 is 13.2 Å². The molecule has 1 fully saturated rings. The van der Waals surface area contributed by atoms with Crippen LogP contribution < -0.4 is 10.9 Å². The van der Waals surface area contributed by atoms with Crippen molar-refractivity contribution >= 4 is 44.8 Å². The minimum absolute atomic E-state index is 0.0638. The van der Waals surface area contributed by atoms with Gasteiger partial charge in [-0.1, -0.05) is 41.4 Å². The number of hydrazine groups is 1. The van der Waals surface area contributed by atoms with Crippen LogP contribution in [0, 0.1) is 12.8 Å². The van der Waals surface area contributed by atoms with Crippen LogP contribution in [0.2, 0.25) is 10.0 Å². The van der Waals surface area contributed by atoms with E-state index < -0.39 is 10.0 Å². The number of para-hydroxylation sites is 1. The standard InChI is InChI=1S/C20H23Cl2N3O3S/c1-14-16(21)8-4-10-19(14)29(27,28)25-11-5-6-15(13-25)12-20(26)24-23-18-9-3-2-7-17(18)22/h2-4,7-10,15,23H,5-6,11-13H2,1H3,(H,24,26). The summed E-state index contributed by atoms with van der Waals surface area (Å²) in [5.41, 5.74) is 6.58. The number of sulfonamides is 1. The molecular formula is C20H23Cl2N3O3S. The van der Waals surface area contributed by atoms with Gasteiger partial charge in [-0.25, -0.2) is 8.42 Å². The molecule has 1 aliphatic heterocycles. The number of carbonyl (C=O) groups is 1. The van der Waals surface area contributed by atoms with Crippen molar-refractivity contribution in [1.82, 2.24) is 9.73 Å². The number of hydrogen-bond acceptors (Lipinski definition) is 4. The van der Waals surface area contributed by atoms with E-state index in [1.165, 1.54) is 4.31 Å². The van der Waals surface area contributed by atoms with Gasteiger partial charge in [-0.2, -0.15) is 4.31 Å². The summed E-state index contributed by atoms with van der Waals surface area (Å²) in [6.07, 6.45) is 1.72. The van der Waals surface area contributed by atoms with Crippen molar-refractivity contribution in [3.05, 3.63) is 58.1 Å². The highest BCUT2D eigenvalue weighted by molar-refractivity contribution is 7.89. The third-order valence-electron chi connectivity index (χ3n) is 5.00. The van der Waals surface area contributed by atoms with Gasteiger partial charge in [0.25, 0.3) is 0 Å². The van der Waals surface area contributed by atoms with E-state index in [-0.39, 0.29) is 23.1 Å². The van der Waals surface area contributed by atoms with Crippen molar-refractivity contribution in [2.75, 3.05) is 18.5 Å². The van der Waals surface area contributed by atoms with E-state index in [9.17, 15) is 13.2 Å². The van der Waals surface area contributed by atoms with Crippen LogP contribution in [0.15, 0.2) is 47.4 Å². The molecule has 1 atom stereocenters. The second kappa shape index (κ2) is 9.34. The van der Waals surface area contributed by atoms with Crippen LogP contribution in [-0.4, -0.2) is 31.7 Å². The maximum atomic E-state index is 13.1. The third-order valence-corrected chi connectivity index (χ3v) is 7.75. The Morgan fingerprint density at radius 1 is 1.14 bits per heavy atom. The Balaban J connectivity index is 1.62. The molecule has 2 N–H and O–H groups in total. The smallest absolute Gasteiger partial charge is 0.243 e. The highest BCUT2D eigenvalue weighted by Crippen LogP contribution is 2.29. The predicted octanol–water partition coefficient (Wildman–Crippen LogP) is 4.24. The van der Waals surface area contributed by atoms with Crippen molar-refractivity contribution in [2.45, 2.75) is 31.1 Å². The summed E-state index contributed by atoms with van der Waals surface area (Å²) in [5, 5.41) is 0.921. The molecule has 3 rings (SSSR count). The fourth-order valence-electron chi connectivity index (χ4n) is 3.43. The highest BCUT2D eigenvalue weighted by atomic mass is 35.5. The summed E-state index contributed by atoms with van der Waals surface area (Å²) in [6, 6.07) is 12.0. The number of nitrogens with zero attached hydrogens (tertiary/aromatic N) is 1. The first-order valence-electron chi connectivity index (χ1n) is 9.33.